The van der Waals surface area contributed by atoms with Crippen LogP contribution in [0.25, 0.3) is 0 Å². The summed E-state index contributed by atoms with van der Waals surface area (Å²) in [6.45, 7) is 7.85. The van der Waals surface area contributed by atoms with Crippen LogP contribution in [0, 0.1) is 6.92 Å². The number of nitrogens with zero attached hydrogens (tertiary/aromatic N) is 2. The van der Waals surface area contributed by atoms with Crippen LogP contribution < -0.4 is 10.2 Å². The molecule has 2 aliphatic heterocycles. The van der Waals surface area contributed by atoms with E-state index in [2.05, 4.69) is 36.2 Å². The van der Waals surface area contributed by atoms with Gasteiger partial charge in [0.1, 0.15) is 0 Å². The first kappa shape index (κ1) is 22.6. The molecule has 5 nitrogen and oxygen atoms in total. The van der Waals surface area contributed by atoms with Crippen molar-refractivity contribution >= 4 is 40.3 Å². The standard InChI is InChI=1S/C28H28ClN3O2/c1-17-12-22(32-15-18(2)34-19(3)16-32)9-10-23(17)28(33)30-21-8-11-25(29)24(14-21)27-13-20-6-4-5-7-26(20)31-27/h4-12,14,18-19H,13,15-16H2,1-3H3,(H,30,33)/t18-,19+. The van der Waals surface area contributed by atoms with E-state index in [4.69, 9.17) is 21.3 Å². The number of para-hydroxylation sites is 1. The molecule has 0 bridgehead atoms. The molecule has 2 aliphatic rings. The Balaban J connectivity index is 1.33. The fourth-order valence-electron chi connectivity index (χ4n) is 4.80. The maximum atomic E-state index is 13.1. The highest BCUT2D eigenvalue weighted by Crippen LogP contribution is 2.32. The summed E-state index contributed by atoms with van der Waals surface area (Å²) in [4.78, 5) is 20.2. The first-order chi connectivity index (χ1) is 16.4. The molecular formula is C28H28ClN3O2. The van der Waals surface area contributed by atoms with Gasteiger partial charge in [0.05, 0.1) is 23.6 Å². The number of benzene rings is 3. The number of nitrogens with one attached hydrogen (secondary N) is 1. The molecule has 1 N–H and O–H groups in total. The van der Waals surface area contributed by atoms with E-state index < -0.39 is 0 Å². The molecule has 5 rings (SSSR count). The van der Waals surface area contributed by atoms with Gasteiger partial charge >= 0.3 is 0 Å². The third-order valence-electron chi connectivity index (χ3n) is 6.38. The van der Waals surface area contributed by atoms with Crippen molar-refractivity contribution in [1.29, 1.82) is 0 Å². The molecule has 3 aromatic carbocycles. The molecule has 34 heavy (non-hydrogen) atoms. The van der Waals surface area contributed by atoms with Crippen LogP contribution in [-0.2, 0) is 11.2 Å². The third-order valence-corrected chi connectivity index (χ3v) is 6.71. The molecule has 6 heteroatoms. The summed E-state index contributed by atoms with van der Waals surface area (Å²) < 4.78 is 5.85. The van der Waals surface area contributed by atoms with E-state index in [0.717, 1.165) is 47.7 Å². The van der Waals surface area contributed by atoms with Crippen LogP contribution in [0.4, 0.5) is 17.1 Å². The van der Waals surface area contributed by atoms with Gasteiger partial charge in [-0.15, -0.1) is 0 Å². The van der Waals surface area contributed by atoms with Crippen molar-refractivity contribution in [3.05, 3.63) is 87.9 Å². The number of ether oxygens (including phenoxy) is 1. The molecule has 0 aromatic heterocycles. The molecule has 1 amide bonds. The molecule has 0 unspecified atom stereocenters. The van der Waals surface area contributed by atoms with Gasteiger partial charge < -0.3 is 15.0 Å². The summed E-state index contributed by atoms with van der Waals surface area (Å²) in [5.41, 5.74) is 7.32. The molecule has 0 radical (unpaired) electrons. The highest BCUT2D eigenvalue weighted by molar-refractivity contribution is 6.34. The van der Waals surface area contributed by atoms with E-state index in [1.165, 1.54) is 5.56 Å². The van der Waals surface area contributed by atoms with E-state index in [9.17, 15) is 4.79 Å². The summed E-state index contributed by atoms with van der Waals surface area (Å²) >= 11 is 6.50. The average molecular weight is 474 g/mol. The lowest BCUT2D eigenvalue weighted by atomic mass is 10.0. The Kier molecular flexibility index (Phi) is 6.15. The van der Waals surface area contributed by atoms with E-state index in [0.29, 0.717) is 16.3 Å². The van der Waals surface area contributed by atoms with Crippen LogP contribution in [0.15, 0.2) is 65.7 Å². The number of amides is 1. The molecule has 0 spiro atoms. The number of hydrogen-bond acceptors (Lipinski definition) is 4. The van der Waals surface area contributed by atoms with Crippen LogP contribution >= 0.6 is 11.6 Å². The Labute approximate surface area is 205 Å². The molecule has 0 aliphatic carbocycles. The number of morpholine rings is 1. The highest BCUT2D eigenvalue weighted by Gasteiger charge is 2.23. The lowest BCUT2D eigenvalue weighted by Crippen LogP contribution is -2.45. The predicted octanol–water partition coefficient (Wildman–Crippen LogP) is 6.19. The van der Waals surface area contributed by atoms with Crippen molar-refractivity contribution < 1.29 is 9.53 Å². The van der Waals surface area contributed by atoms with Gasteiger partial charge in [0.15, 0.2) is 0 Å². The van der Waals surface area contributed by atoms with Gasteiger partial charge in [-0.05, 0) is 74.4 Å². The van der Waals surface area contributed by atoms with E-state index in [-0.39, 0.29) is 18.1 Å². The molecule has 0 saturated carbocycles. The second-order valence-corrected chi connectivity index (χ2v) is 9.58. The zero-order valence-corrected chi connectivity index (χ0v) is 20.4. The van der Waals surface area contributed by atoms with Crippen LogP contribution in [0.3, 0.4) is 0 Å². The van der Waals surface area contributed by atoms with Gasteiger partial charge in [0.2, 0.25) is 0 Å². The minimum Gasteiger partial charge on any atom is -0.372 e. The number of aryl methyl sites for hydroxylation is 1. The number of carbonyl (C=O) groups excluding carboxylic acids is 1. The van der Waals surface area contributed by atoms with Gasteiger partial charge in [-0.25, -0.2) is 0 Å². The fraction of sp³-hybridized carbons (Fsp3) is 0.286. The Hall–Kier alpha value is -3.15. The normalized spacial score (nSPS) is 19.5. The monoisotopic (exact) mass is 473 g/mol. The maximum absolute atomic E-state index is 13.1. The molecular weight excluding hydrogens is 446 g/mol. The van der Waals surface area contributed by atoms with Crippen molar-refractivity contribution in [2.24, 2.45) is 4.99 Å². The Bertz CT molecular complexity index is 1280. The zero-order valence-electron chi connectivity index (χ0n) is 19.6. The maximum Gasteiger partial charge on any atom is 0.255 e. The SMILES string of the molecule is Cc1cc(N2C[C@@H](C)O[C@@H](C)C2)ccc1C(=O)Nc1ccc(Cl)c(C2=Nc3ccccc3C2)c1. The minimum absolute atomic E-state index is 0.141. The number of rotatable bonds is 4. The fourth-order valence-corrected chi connectivity index (χ4v) is 5.03. The largest absolute Gasteiger partial charge is 0.372 e. The predicted molar refractivity (Wildman–Crippen MR) is 139 cm³/mol. The van der Waals surface area contributed by atoms with Crippen molar-refractivity contribution in [3.8, 4) is 0 Å². The number of carbonyl (C=O) groups is 1. The summed E-state index contributed by atoms with van der Waals surface area (Å²) in [5, 5.41) is 3.66. The average Bonchev–Trinajstić information content (AvgIpc) is 3.23. The van der Waals surface area contributed by atoms with E-state index in [1.54, 1.807) is 0 Å². The van der Waals surface area contributed by atoms with Crippen molar-refractivity contribution in [3.63, 3.8) is 0 Å². The van der Waals surface area contributed by atoms with Gasteiger partial charge in [-0.3, -0.25) is 9.79 Å². The van der Waals surface area contributed by atoms with E-state index in [1.807, 2.05) is 55.5 Å². The van der Waals surface area contributed by atoms with E-state index >= 15 is 0 Å². The number of aliphatic imine (C=N–C) groups is 1. The van der Waals surface area contributed by atoms with Gasteiger partial charge in [0, 0.05) is 47.0 Å². The van der Waals surface area contributed by atoms with Crippen LogP contribution in [-0.4, -0.2) is 36.9 Å². The van der Waals surface area contributed by atoms with Gasteiger partial charge in [-0.1, -0.05) is 29.8 Å². The Morgan fingerprint density at radius 1 is 1.06 bits per heavy atom. The molecule has 1 fully saturated rings. The number of anilines is 2. The number of halogens is 1. The summed E-state index contributed by atoms with van der Waals surface area (Å²) in [5.74, 6) is -0.141. The Morgan fingerprint density at radius 2 is 1.82 bits per heavy atom. The number of hydrogen-bond donors (Lipinski definition) is 1. The van der Waals surface area contributed by atoms with Crippen LogP contribution in [0.1, 0.15) is 40.9 Å². The van der Waals surface area contributed by atoms with Crippen LogP contribution in [0.2, 0.25) is 5.02 Å². The third kappa shape index (κ3) is 4.59. The van der Waals surface area contributed by atoms with Crippen molar-refractivity contribution in [1.82, 2.24) is 0 Å². The Morgan fingerprint density at radius 3 is 2.56 bits per heavy atom. The second-order valence-electron chi connectivity index (χ2n) is 9.17. The summed E-state index contributed by atoms with van der Waals surface area (Å²) in [7, 11) is 0. The zero-order chi connectivity index (χ0) is 23.8. The van der Waals surface area contributed by atoms with Gasteiger partial charge in [-0.2, -0.15) is 0 Å². The topological polar surface area (TPSA) is 53.9 Å². The van der Waals surface area contributed by atoms with Crippen LogP contribution in [0.5, 0.6) is 0 Å². The van der Waals surface area contributed by atoms with Crippen molar-refractivity contribution in [2.75, 3.05) is 23.3 Å². The smallest absolute Gasteiger partial charge is 0.255 e. The second kappa shape index (κ2) is 9.24. The lowest BCUT2D eigenvalue weighted by molar-refractivity contribution is -0.00522. The number of fused-ring (bicyclic) bond motifs is 1. The lowest BCUT2D eigenvalue weighted by Gasteiger charge is -2.37. The quantitative estimate of drug-likeness (QED) is 0.491. The summed E-state index contributed by atoms with van der Waals surface area (Å²) in [6.07, 6.45) is 1.10. The first-order valence-corrected chi connectivity index (χ1v) is 12.0. The molecule has 3 aromatic rings. The molecule has 1 saturated heterocycles. The molecule has 2 heterocycles. The van der Waals surface area contributed by atoms with Gasteiger partial charge in [0.25, 0.3) is 5.91 Å². The first-order valence-electron chi connectivity index (χ1n) is 11.6. The molecule has 174 valence electrons. The van der Waals surface area contributed by atoms with Crippen molar-refractivity contribution in [2.45, 2.75) is 39.4 Å². The highest BCUT2D eigenvalue weighted by atomic mass is 35.5. The summed E-state index contributed by atoms with van der Waals surface area (Å²) in [6, 6.07) is 19.6. The molecule has 2 atom stereocenters. The minimum atomic E-state index is -0.141.